The lowest BCUT2D eigenvalue weighted by Crippen LogP contribution is -2.38. The molecule has 0 saturated heterocycles. The average Bonchev–Trinajstić information content (AvgIpc) is 2.93. The second-order valence-corrected chi connectivity index (χ2v) is 7.19. The molecule has 130 valence electrons. The van der Waals surface area contributed by atoms with Gasteiger partial charge in [0, 0.05) is 5.39 Å². The summed E-state index contributed by atoms with van der Waals surface area (Å²) in [6, 6.07) is 3.54. The lowest BCUT2D eigenvalue weighted by molar-refractivity contribution is -0.149. The zero-order valence-electron chi connectivity index (χ0n) is 13.6. The first-order chi connectivity index (χ1) is 11.5. The Balaban J connectivity index is 2.15. The number of hydrogen-bond donors (Lipinski definition) is 2. The summed E-state index contributed by atoms with van der Waals surface area (Å²) in [6.45, 7) is 2.61. The Bertz CT molecular complexity index is 771. The van der Waals surface area contributed by atoms with Gasteiger partial charge in [0.2, 0.25) is 0 Å². The van der Waals surface area contributed by atoms with Gasteiger partial charge in [-0.1, -0.05) is 49.4 Å². The highest BCUT2D eigenvalue weighted by atomic mass is 35.5. The van der Waals surface area contributed by atoms with E-state index in [4.69, 9.17) is 27.9 Å². The van der Waals surface area contributed by atoms with Gasteiger partial charge in [0.1, 0.15) is 5.60 Å². The Morgan fingerprint density at radius 1 is 1.33 bits per heavy atom. The monoisotopic (exact) mass is 369 g/mol. The van der Waals surface area contributed by atoms with E-state index >= 15 is 0 Å². The molecule has 24 heavy (non-hydrogen) atoms. The Kier molecular flexibility index (Phi) is 5.09. The fourth-order valence-corrected chi connectivity index (χ4v) is 4.16. The van der Waals surface area contributed by atoms with Gasteiger partial charge in [0.25, 0.3) is 0 Å². The third-order valence-electron chi connectivity index (χ3n) is 4.76. The van der Waals surface area contributed by atoms with Crippen LogP contribution in [0.5, 0.6) is 0 Å². The molecule has 0 spiro atoms. The summed E-state index contributed by atoms with van der Waals surface area (Å²) in [4.78, 5) is 14.9. The standard InChI is InChI=1S/C18H21Cl2NO3/c1-2-3-4-8-18(10-14(22)23)17-11(7-9-24-18)15-12(19)5-6-13(20)16(15)21-17/h5-6,21H,2-4,7-10H2,1H3,(H,22,23). The number of fused-ring (bicyclic) bond motifs is 3. The molecule has 3 rings (SSSR count). The van der Waals surface area contributed by atoms with Crippen molar-refractivity contribution in [3.05, 3.63) is 33.4 Å². The number of aromatic nitrogens is 1. The quantitative estimate of drug-likeness (QED) is 0.679. The van der Waals surface area contributed by atoms with E-state index in [2.05, 4.69) is 11.9 Å². The molecular weight excluding hydrogens is 349 g/mol. The van der Waals surface area contributed by atoms with E-state index in [-0.39, 0.29) is 6.42 Å². The Hall–Kier alpha value is -1.23. The maximum atomic E-state index is 11.5. The highest BCUT2D eigenvalue weighted by molar-refractivity contribution is 6.40. The second-order valence-electron chi connectivity index (χ2n) is 6.38. The molecule has 1 unspecified atom stereocenters. The van der Waals surface area contributed by atoms with Gasteiger partial charge in [-0.05, 0) is 30.5 Å². The SMILES string of the molecule is CCCCCC1(CC(=O)O)OCCc2c1[nH]c1c(Cl)ccc(Cl)c21. The van der Waals surface area contributed by atoms with Gasteiger partial charge < -0.3 is 14.8 Å². The van der Waals surface area contributed by atoms with Crippen molar-refractivity contribution >= 4 is 40.1 Å². The van der Waals surface area contributed by atoms with Crippen molar-refractivity contribution in [1.82, 2.24) is 4.98 Å². The van der Waals surface area contributed by atoms with E-state index < -0.39 is 11.6 Å². The summed E-state index contributed by atoms with van der Waals surface area (Å²) >= 11 is 12.7. The number of unbranched alkanes of at least 4 members (excludes halogenated alkanes) is 2. The lowest BCUT2D eigenvalue weighted by Gasteiger charge is -2.36. The Morgan fingerprint density at radius 3 is 2.79 bits per heavy atom. The summed E-state index contributed by atoms with van der Waals surface area (Å²) in [6.07, 6.45) is 4.33. The molecule has 1 atom stereocenters. The first kappa shape index (κ1) is 17.6. The molecule has 6 heteroatoms. The highest BCUT2D eigenvalue weighted by Gasteiger charge is 2.42. The fourth-order valence-electron chi connectivity index (χ4n) is 3.68. The molecule has 2 aromatic rings. The number of aromatic amines is 1. The van der Waals surface area contributed by atoms with Crippen molar-refractivity contribution in [2.45, 2.75) is 51.0 Å². The topological polar surface area (TPSA) is 62.3 Å². The van der Waals surface area contributed by atoms with E-state index in [1.165, 1.54) is 0 Å². The molecule has 1 aliphatic rings. The van der Waals surface area contributed by atoms with Crippen LogP contribution in [0.3, 0.4) is 0 Å². The number of nitrogens with one attached hydrogen (secondary N) is 1. The molecule has 0 fully saturated rings. The van der Waals surface area contributed by atoms with Gasteiger partial charge in [0.05, 0.1) is 34.3 Å². The van der Waals surface area contributed by atoms with Crippen LogP contribution in [0.15, 0.2) is 12.1 Å². The molecular formula is C18H21Cl2NO3. The van der Waals surface area contributed by atoms with Crippen LogP contribution in [0, 0.1) is 0 Å². The summed E-state index contributed by atoms with van der Waals surface area (Å²) in [7, 11) is 0. The van der Waals surface area contributed by atoms with Crippen molar-refractivity contribution < 1.29 is 14.6 Å². The average molecular weight is 370 g/mol. The van der Waals surface area contributed by atoms with Crippen molar-refractivity contribution in [3.8, 4) is 0 Å². The number of carboxylic acids is 1. The molecule has 1 aliphatic heterocycles. The summed E-state index contributed by atoms with van der Waals surface area (Å²) in [5.74, 6) is -0.866. The molecule has 0 aliphatic carbocycles. The van der Waals surface area contributed by atoms with E-state index in [0.717, 1.165) is 41.4 Å². The largest absolute Gasteiger partial charge is 0.481 e. The van der Waals surface area contributed by atoms with E-state index in [1.807, 2.05) is 0 Å². The fraction of sp³-hybridized carbons (Fsp3) is 0.500. The van der Waals surface area contributed by atoms with Crippen LogP contribution in [-0.2, 0) is 21.6 Å². The van der Waals surface area contributed by atoms with Crippen molar-refractivity contribution in [2.75, 3.05) is 6.61 Å². The molecule has 1 aromatic carbocycles. The summed E-state index contributed by atoms with van der Waals surface area (Å²) < 4.78 is 6.06. The van der Waals surface area contributed by atoms with Gasteiger partial charge in [-0.25, -0.2) is 0 Å². The second kappa shape index (κ2) is 6.95. The van der Waals surface area contributed by atoms with Crippen LogP contribution in [-0.4, -0.2) is 22.7 Å². The number of halogens is 2. The minimum atomic E-state index is -0.866. The molecule has 0 bridgehead atoms. The smallest absolute Gasteiger partial charge is 0.306 e. The van der Waals surface area contributed by atoms with Crippen LogP contribution in [0.1, 0.15) is 50.3 Å². The number of carboxylic acid groups (broad SMARTS) is 1. The number of carbonyl (C=O) groups is 1. The first-order valence-electron chi connectivity index (χ1n) is 8.33. The lowest BCUT2D eigenvalue weighted by atomic mass is 9.84. The predicted octanol–water partition coefficient (Wildman–Crippen LogP) is 5.30. The highest BCUT2D eigenvalue weighted by Crippen LogP contribution is 2.45. The van der Waals surface area contributed by atoms with E-state index in [0.29, 0.717) is 29.5 Å². The van der Waals surface area contributed by atoms with Crippen LogP contribution in [0.2, 0.25) is 10.0 Å². The number of ether oxygens (including phenoxy) is 1. The zero-order valence-corrected chi connectivity index (χ0v) is 15.1. The maximum Gasteiger partial charge on any atom is 0.306 e. The predicted molar refractivity (Wildman–Crippen MR) is 96.0 cm³/mol. The first-order valence-corrected chi connectivity index (χ1v) is 9.09. The number of rotatable bonds is 6. The molecule has 0 amide bonds. The Labute approximate surface area is 151 Å². The number of aliphatic carboxylic acids is 1. The molecule has 2 heterocycles. The van der Waals surface area contributed by atoms with Crippen LogP contribution >= 0.6 is 23.2 Å². The van der Waals surface area contributed by atoms with Gasteiger partial charge in [0.15, 0.2) is 0 Å². The molecule has 0 radical (unpaired) electrons. The van der Waals surface area contributed by atoms with Crippen molar-refractivity contribution in [1.29, 1.82) is 0 Å². The number of hydrogen-bond acceptors (Lipinski definition) is 2. The van der Waals surface area contributed by atoms with Crippen molar-refractivity contribution in [3.63, 3.8) is 0 Å². The molecule has 2 N–H and O–H groups in total. The third kappa shape index (κ3) is 3.03. The molecule has 1 aromatic heterocycles. The van der Waals surface area contributed by atoms with Gasteiger partial charge in [-0.3, -0.25) is 4.79 Å². The van der Waals surface area contributed by atoms with E-state index in [9.17, 15) is 9.90 Å². The van der Waals surface area contributed by atoms with Crippen molar-refractivity contribution in [2.24, 2.45) is 0 Å². The minimum Gasteiger partial charge on any atom is -0.481 e. The van der Waals surface area contributed by atoms with Gasteiger partial charge in [-0.2, -0.15) is 0 Å². The van der Waals surface area contributed by atoms with Crippen LogP contribution in [0.25, 0.3) is 10.9 Å². The zero-order chi connectivity index (χ0) is 17.3. The van der Waals surface area contributed by atoms with Gasteiger partial charge in [-0.15, -0.1) is 0 Å². The normalized spacial score (nSPS) is 20.3. The summed E-state index contributed by atoms with van der Waals surface area (Å²) in [5, 5.41) is 11.6. The summed E-state index contributed by atoms with van der Waals surface area (Å²) in [5.41, 5.74) is 1.81. The molecule has 0 saturated carbocycles. The Morgan fingerprint density at radius 2 is 2.08 bits per heavy atom. The molecule has 4 nitrogen and oxygen atoms in total. The maximum absolute atomic E-state index is 11.5. The number of benzene rings is 1. The van der Waals surface area contributed by atoms with Gasteiger partial charge >= 0.3 is 5.97 Å². The number of H-pyrrole nitrogens is 1. The van der Waals surface area contributed by atoms with Crippen LogP contribution in [0.4, 0.5) is 0 Å². The minimum absolute atomic E-state index is 0.0637. The van der Waals surface area contributed by atoms with E-state index in [1.54, 1.807) is 12.1 Å². The third-order valence-corrected chi connectivity index (χ3v) is 5.39. The van der Waals surface area contributed by atoms with Crippen LogP contribution < -0.4 is 0 Å².